The first-order valence-electron chi connectivity index (χ1n) is 4.82. The molecule has 1 nitrogen and oxygen atoms in total. The number of alkyl halides is 3. The van der Waals surface area contributed by atoms with Crippen LogP contribution in [0, 0.1) is 11.8 Å². The summed E-state index contributed by atoms with van der Waals surface area (Å²) in [6.45, 7) is 1.95. The van der Waals surface area contributed by atoms with Crippen LogP contribution < -0.4 is 5.73 Å². The summed E-state index contributed by atoms with van der Waals surface area (Å²) in [6, 6.07) is 3.55. The van der Waals surface area contributed by atoms with Gasteiger partial charge in [-0.05, 0) is 43.7 Å². The van der Waals surface area contributed by atoms with Crippen LogP contribution in [0.5, 0.6) is 0 Å². The molecule has 4 heteroatoms. The second-order valence-electron chi connectivity index (χ2n) is 3.28. The van der Waals surface area contributed by atoms with Crippen LogP contribution in [0.4, 0.5) is 13.2 Å². The molecule has 1 aromatic rings. The molecular weight excluding hydrogens is 215 g/mol. The zero-order chi connectivity index (χ0) is 12.2. The monoisotopic (exact) mass is 227 g/mol. The van der Waals surface area contributed by atoms with Gasteiger partial charge >= 0.3 is 6.18 Å². The van der Waals surface area contributed by atoms with Crippen molar-refractivity contribution in [3.8, 4) is 11.8 Å². The summed E-state index contributed by atoms with van der Waals surface area (Å²) in [5.41, 5.74) is 5.86. The molecule has 0 atom stereocenters. The third kappa shape index (κ3) is 3.01. The van der Waals surface area contributed by atoms with Gasteiger partial charge in [0.15, 0.2) is 0 Å². The van der Waals surface area contributed by atoms with Crippen LogP contribution in [0.2, 0.25) is 0 Å². The van der Waals surface area contributed by atoms with Gasteiger partial charge in [-0.1, -0.05) is 5.92 Å². The second kappa shape index (κ2) is 5.04. The van der Waals surface area contributed by atoms with Crippen LogP contribution in [0.1, 0.15) is 23.6 Å². The highest BCUT2D eigenvalue weighted by molar-refractivity contribution is 5.44. The van der Waals surface area contributed by atoms with Crippen LogP contribution in [-0.2, 0) is 12.6 Å². The number of rotatable bonds is 2. The van der Waals surface area contributed by atoms with Gasteiger partial charge in [0.2, 0.25) is 0 Å². The van der Waals surface area contributed by atoms with E-state index in [-0.39, 0.29) is 0 Å². The Morgan fingerprint density at radius 2 is 2.00 bits per heavy atom. The van der Waals surface area contributed by atoms with Crippen molar-refractivity contribution in [2.24, 2.45) is 5.73 Å². The summed E-state index contributed by atoms with van der Waals surface area (Å²) in [7, 11) is 0. The minimum Gasteiger partial charge on any atom is -0.330 e. The van der Waals surface area contributed by atoms with E-state index in [9.17, 15) is 13.2 Å². The number of nitrogens with two attached hydrogens (primary N) is 1. The minimum absolute atomic E-state index is 0.305. The molecule has 0 aliphatic carbocycles. The lowest BCUT2D eigenvalue weighted by atomic mass is 10.0. The highest BCUT2D eigenvalue weighted by atomic mass is 19.4. The summed E-state index contributed by atoms with van der Waals surface area (Å²) < 4.78 is 37.4. The van der Waals surface area contributed by atoms with Crippen molar-refractivity contribution in [2.75, 3.05) is 6.54 Å². The number of hydrogen-bond donors (Lipinski definition) is 1. The Labute approximate surface area is 92.5 Å². The van der Waals surface area contributed by atoms with Gasteiger partial charge < -0.3 is 5.73 Å². The number of halogens is 3. The average molecular weight is 227 g/mol. The van der Waals surface area contributed by atoms with Crippen molar-refractivity contribution >= 4 is 0 Å². The molecule has 0 unspecified atom stereocenters. The molecule has 86 valence electrons. The Morgan fingerprint density at radius 1 is 1.31 bits per heavy atom. The van der Waals surface area contributed by atoms with Crippen LogP contribution >= 0.6 is 0 Å². The smallest absolute Gasteiger partial charge is 0.330 e. The Morgan fingerprint density at radius 3 is 2.50 bits per heavy atom. The first kappa shape index (κ1) is 12.6. The molecule has 1 rings (SSSR count). The molecule has 1 aromatic carbocycles. The molecule has 0 fully saturated rings. The molecule has 0 aromatic heterocycles. The number of hydrogen-bond acceptors (Lipinski definition) is 1. The van der Waals surface area contributed by atoms with Crippen LogP contribution in [0.25, 0.3) is 0 Å². The summed E-state index contributed by atoms with van der Waals surface area (Å²) in [5.74, 6) is 5.44. The molecule has 0 spiro atoms. The fraction of sp³-hybridized carbons (Fsp3) is 0.333. The summed E-state index contributed by atoms with van der Waals surface area (Å²) in [6.07, 6.45) is -3.92. The standard InChI is InChI=1S/C12H12F3N/c1-2-3-9-4-5-11(12(13,14)15)8-10(9)6-7-16/h4-5,8H,6-7,16H2,1H3. The summed E-state index contributed by atoms with van der Waals surface area (Å²) >= 11 is 0. The summed E-state index contributed by atoms with van der Waals surface area (Å²) in [5, 5.41) is 0. The topological polar surface area (TPSA) is 26.0 Å². The highest BCUT2D eigenvalue weighted by Crippen LogP contribution is 2.30. The molecule has 0 aliphatic rings. The van der Waals surface area contributed by atoms with E-state index in [1.807, 2.05) is 0 Å². The van der Waals surface area contributed by atoms with Gasteiger partial charge in [-0.25, -0.2) is 0 Å². The van der Waals surface area contributed by atoms with E-state index in [0.29, 0.717) is 24.1 Å². The summed E-state index contributed by atoms with van der Waals surface area (Å²) in [4.78, 5) is 0. The Balaban J connectivity index is 3.20. The molecule has 0 heterocycles. The maximum Gasteiger partial charge on any atom is 0.416 e. The van der Waals surface area contributed by atoms with E-state index in [4.69, 9.17) is 5.73 Å². The lowest BCUT2D eigenvalue weighted by Gasteiger charge is -2.10. The van der Waals surface area contributed by atoms with Gasteiger partial charge in [0.25, 0.3) is 0 Å². The molecule has 0 saturated carbocycles. The molecule has 0 aliphatic heterocycles. The van der Waals surface area contributed by atoms with Gasteiger partial charge in [-0.15, -0.1) is 5.92 Å². The fourth-order valence-electron chi connectivity index (χ4n) is 1.39. The van der Waals surface area contributed by atoms with Crippen molar-refractivity contribution in [2.45, 2.75) is 19.5 Å². The molecule has 16 heavy (non-hydrogen) atoms. The van der Waals surface area contributed by atoms with E-state index in [2.05, 4.69) is 11.8 Å². The normalized spacial score (nSPS) is 10.8. The van der Waals surface area contributed by atoms with Crippen LogP contribution in [0.15, 0.2) is 18.2 Å². The predicted octanol–water partition coefficient (Wildman–Crippen LogP) is 2.58. The molecule has 2 N–H and O–H groups in total. The predicted molar refractivity (Wildman–Crippen MR) is 56.8 cm³/mol. The molecule has 0 radical (unpaired) electrons. The average Bonchev–Trinajstić information content (AvgIpc) is 2.19. The van der Waals surface area contributed by atoms with Crippen molar-refractivity contribution in [1.82, 2.24) is 0 Å². The SMILES string of the molecule is CC#Cc1ccc(C(F)(F)F)cc1CCN. The Bertz CT molecular complexity index is 424. The van der Waals surface area contributed by atoms with Crippen LogP contribution in [-0.4, -0.2) is 6.54 Å². The van der Waals surface area contributed by atoms with Crippen molar-refractivity contribution in [3.05, 3.63) is 34.9 Å². The number of benzene rings is 1. The van der Waals surface area contributed by atoms with Crippen LogP contribution in [0.3, 0.4) is 0 Å². The van der Waals surface area contributed by atoms with E-state index in [1.165, 1.54) is 6.07 Å². The van der Waals surface area contributed by atoms with Gasteiger partial charge in [0.05, 0.1) is 5.56 Å². The molecule has 0 bridgehead atoms. The second-order valence-corrected chi connectivity index (χ2v) is 3.28. The van der Waals surface area contributed by atoms with Gasteiger partial charge in [0, 0.05) is 5.56 Å². The Hall–Kier alpha value is -1.47. The van der Waals surface area contributed by atoms with Gasteiger partial charge in [0.1, 0.15) is 0 Å². The lowest BCUT2D eigenvalue weighted by molar-refractivity contribution is -0.137. The van der Waals surface area contributed by atoms with Gasteiger partial charge in [-0.2, -0.15) is 13.2 Å². The fourth-order valence-corrected chi connectivity index (χ4v) is 1.39. The maximum atomic E-state index is 12.5. The minimum atomic E-state index is -4.32. The highest BCUT2D eigenvalue weighted by Gasteiger charge is 2.30. The first-order valence-corrected chi connectivity index (χ1v) is 4.82. The third-order valence-corrected chi connectivity index (χ3v) is 2.11. The zero-order valence-electron chi connectivity index (χ0n) is 8.86. The quantitative estimate of drug-likeness (QED) is 0.772. The van der Waals surface area contributed by atoms with E-state index in [1.54, 1.807) is 6.92 Å². The van der Waals surface area contributed by atoms with E-state index >= 15 is 0 Å². The van der Waals surface area contributed by atoms with Crippen molar-refractivity contribution in [1.29, 1.82) is 0 Å². The first-order chi connectivity index (χ1) is 7.49. The largest absolute Gasteiger partial charge is 0.416 e. The van der Waals surface area contributed by atoms with E-state index < -0.39 is 11.7 Å². The molecule has 0 amide bonds. The Kier molecular flexibility index (Phi) is 3.97. The van der Waals surface area contributed by atoms with Crippen molar-refractivity contribution < 1.29 is 13.2 Å². The molecular formula is C12H12F3N. The molecule has 0 saturated heterocycles. The zero-order valence-corrected chi connectivity index (χ0v) is 8.86. The lowest BCUT2D eigenvalue weighted by Crippen LogP contribution is -2.09. The van der Waals surface area contributed by atoms with Gasteiger partial charge in [-0.3, -0.25) is 0 Å². The maximum absolute atomic E-state index is 12.5. The van der Waals surface area contributed by atoms with Crippen molar-refractivity contribution in [3.63, 3.8) is 0 Å². The third-order valence-electron chi connectivity index (χ3n) is 2.11. The van der Waals surface area contributed by atoms with E-state index in [0.717, 1.165) is 12.1 Å².